The van der Waals surface area contributed by atoms with Gasteiger partial charge in [0.05, 0.1) is 18.1 Å². The van der Waals surface area contributed by atoms with Crippen molar-refractivity contribution >= 4 is 17.3 Å². The Morgan fingerprint density at radius 2 is 2.38 bits per heavy atom. The number of carbonyl (C=O) groups is 1. The minimum absolute atomic E-state index is 0.321. The van der Waals surface area contributed by atoms with Gasteiger partial charge in [0.15, 0.2) is 0 Å². The molecule has 0 aliphatic carbocycles. The number of carboxylic acids is 1. The van der Waals surface area contributed by atoms with Crippen molar-refractivity contribution in [2.45, 2.75) is 0 Å². The maximum atomic E-state index is 10.6. The number of carboxylic acid groups (broad SMARTS) is 1. The molecule has 0 saturated heterocycles. The van der Waals surface area contributed by atoms with E-state index in [1.54, 1.807) is 30.0 Å². The predicted molar refractivity (Wildman–Crippen MR) is 49.0 cm³/mol. The summed E-state index contributed by atoms with van der Waals surface area (Å²) >= 11 is 1.39. The van der Waals surface area contributed by atoms with E-state index in [4.69, 9.17) is 9.52 Å². The van der Waals surface area contributed by atoms with Crippen LogP contribution in [0.3, 0.4) is 0 Å². The molecule has 0 amide bonds. The second kappa shape index (κ2) is 3.06. The SMILES string of the molecule is O=C(O)c1csc(-c2ccoc2)c1. The van der Waals surface area contributed by atoms with Crippen LogP contribution in [0.4, 0.5) is 0 Å². The van der Waals surface area contributed by atoms with Gasteiger partial charge in [-0.25, -0.2) is 4.79 Å². The summed E-state index contributed by atoms with van der Waals surface area (Å²) in [7, 11) is 0. The summed E-state index contributed by atoms with van der Waals surface area (Å²) in [5, 5.41) is 10.3. The van der Waals surface area contributed by atoms with Crippen LogP contribution in [-0.4, -0.2) is 11.1 Å². The van der Waals surface area contributed by atoms with Crippen molar-refractivity contribution in [2.75, 3.05) is 0 Å². The molecule has 0 aliphatic rings. The van der Waals surface area contributed by atoms with Gasteiger partial charge in [-0.15, -0.1) is 11.3 Å². The lowest BCUT2D eigenvalue weighted by Crippen LogP contribution is -1.91. The van der Waals surface area contributed by atoms with Crippen LogP contribution in [0.1, 0.15) is 10.4 Å². The average molecular weight is 194 g/mol. The van der Waals surface area contributed by atoms with Gasteiger partial charge in [-0.2, -0.15) is 0 Å². The van der Waals surface area contributed by atoms with Crippen LogP contribution in [0.25, 0.3) is 10.4 Å². The van der Waals surface area contributed by atoms with E-state index in [0.29, 0.717) is 5.56 Å². The largest absolute Gasteiger partial charge is 0.478 e. The molecule has 2 heterocycles. The lowest BCUT2D eigenvalue weighted by atomic mass is 10.2. The van der Waals surface area contributed by atoms with Gasteiger partial charge in [0.25, 0.3) is 0 Å². The van der Waals surface area contributed by atoms with Crippen LogP contribution >= 0.6 is 11.3 Å². The molecule has 0 atom stereocenters. The Kier molecular flexibility index (Phi) is 1.90. The molecule has 2 aromatic rings. The molecular formula is C9H6O3S. The normalized spacial score (nSPS) is 10.2. The number of thiophene rings is 1. The highest BCUT2D eigenvalue weighted by Gasteiger charge is 2.08. The third-order valence-electron chi connectivity index (χ3n) is 1.65. The van der Waals surface area contributed by atoms with Gasteiger partial charge in [-0.3, -0.25) is 0 Å². The molecule has 2 rings (SSSR count). The van der Waals surface area contributed by atoms with E-state index in [2.05, 4.69) is 0 Å². The number of furan rings is 1. The smallest absolute Gasteiger partial charge is 0.336 e. The van der Waals surface area contributed by atoms with Crippen LogP contribution in [0.2, 0.25) is 0 Å². The molecule has 0 unspecified atom stereocenters. The van der Waals surface area contributed by atoms with Gasteiger partial charge in [-0.1, -0.05) is 0 Å². The Hall–Kier alpha value is -1.55. The van der Waals surface area contributed by atoms with E-state index in [9.17, 15) is 4.79 Å². The molecule has 0 fully saturated rings. The molecule has 0 saturated carbocycles. The van der Waals surface area contributed by atoms with E-state index in [0.717, 1.165) is 10.4 Å². The van der Waals surface area contributed by atoms with Crippen molar-refractivity contribution in [3.8, 4) is 10.4 Å². The Balaban J connectivity index is 2.39. The Morgan fingerprint density at radius 1 is 1.54 bits per heavy atom. The molecule has 13 heavy (non-hydrogen) atoms. The molecule has 66 valence electrons. The fraction of sp³-hybridized carbons (Fsp3) is 0. The second-order valence-electron chi connectivity index (χ2n) is 2.52. The van der Waals surface area contributed by atoms with Crippen molar-refractivity contribution in [3.63, 3.8) is 0 Å². The summed E-state index contributed by atoms with van der Waals surface area (Å²) in [4.78, 5) is 11.5. The number of rotatable bonds is 2. The molecular weight excluding hydrogens is 188 g/mol. The first-order valence-electron chi connectivity index (χ1n) is 3.62. The maximum Gasteiger partial charge on any atom is 0.336 e. The zero-order valence-electron chi connectivity index (χ0n) is 6.56. The lowest BCUT2D eigenvalue weighted by molar-refractivity contribution is 0.0697. The van der Waals surface area contributed by atoms with Gasteiger partial charge < -0.3 is 9.52 Å². The summed E-state index contributed by atoms with van der Waals surface area (Å²) in [6, 6.07) is 3.44. The van der Waals surface area contributed by atoms with Gasteiger partial charge in [-0.05, 0) is 12.1 Å². The monoisotopic (exact) mass is 194 g/mol. The third-order valence-corrected chi connectivity index (χ3v) is 2.63. The highest BCUT2D eigenvalue weighted by Crippen LogP contribution is 2.27. The van der Waals surface area contributed by atoms with Crippen molar-refractivity contribution in [2.24, 2.45) is 0 Å². The minimum Gasteiger partial charge on any atom is -0.478 e. The predicted octanol–water partition coefficient (Wildman–Crippen LogP) is 2.71. The fourth-order valence-electron chi connectivity index (χ4n) is 1.00. The summed E-state index contributed by atoms with van der Waals surface area (Å²) in [6.45, 7) is 0. The van der Waals surface area contributed by atoms with E-state index in [1.165, 1.54) is 11.3 Å². The van der Waals surface area contributed by atoms with Crippen LogP contribution < -0.4 is 0 Å². The Morgan fingerprint density at radius 3 is 2.92 bits per heavy atom. The summed E-state index contributed by atoms with van der Waals surface area (Å²) < 4.78 is 4.90. The first kappa shape index (κ1) is 8.07. The van der Waals surface area contributed by atoms with E-state index in [1.807, 2.05) is 0 Å². The van der Waals surface area contributed by atoms with Crippen molar-refractivity contribution in [3.05, 3.63) is 35.6 Å². The van der Waals surface area contributed by atoms with Crippen LogP contribution in [0, 0.1) is 0 Å². The topological polar surface area (TPSA) is 50.4 Å². The van der Waals surface area contributed by atoms with Gasteiger partial charge in [0, 0.05) is 15.8 Å². The van der Waals surface area contributed by atoms with E-state index in [-0.39, 0.29) is 0 Å². The van der Waals surface area contributed by atoms with Gasteiger partial charge in [0.1, 0.15) is 0 Å². The minimum atomic E-state index is -0.897. The molecule has 0 bridgehead atoms. The van der Waals surface area contributed by atoms with Gasteiger partial charge >= 0.3 is 5.97 Å². The summed E-state index contributed by atoms with van der Waals surface area (Å²) in [5.74, 6) is -0.897. The summed E-state index contributed by atoms with van der Waals surface area (Å²) in [5.41, 5.74) is 1.23. The van der Waals surface area contributed by atoms with Crippen molar-refractivity contribution in [1.29, 1.82) is 0 Å². The molecule has 0 spiro atoms. The van der Waals surface area contributed by atoms with Crippen LogP contribution in [-0.2, 0) is 0 Å². The Labute approximate surface area is 78.2 Å². The number of hydrogen-bond acceptors (Lipinski definition) is 3. The zero-order chi connectivity index (χ0) is 9.26. The maximum absolute atomic E-state index is 10.6. The zero-order valence-corrected chi connectivity index (χ0v) is 7.38. The standard InChI is InChI=1S/C9H6O3S/c10-9(11)7-3-8(13-5-7)6-1-2-12-4-6/h1-5H,(H,10,11). The summed E-state index contributed by atoms with van der Waals surface area (Å²) in [6.07, 6.45) is 3.16. The molecule has 0 aromatic carbocycles. The fourth-order valence-corrected chi connectivity index (χ4v) is 1.87. The molecule has 0 aliphatic heterocycles. The van der Waals surface area contributed by atoms with Crippen molar-refractivity contribution in [1.82, 2.24) is 0 Å². The molecule has 1 N–H and O–H groups in total. The Bertz CT molecular complexity index is 414. The lowest BCUT2D eigenvalue weighted by Gasteiger charge is -1.85. The van der Waals surface area contributed by atoms with Crippen molar-refractivity contribution < 1.29 is 14.3 Å². The van der Waals surface area contributed by atoms with Gasteiger partial charge in [0.2, 0.25) is 0 Å². The number of hydrogen-bond donors (Lipinski definition) is 1. The molecule has 4 heteroatoms. The first-order chi connectivity index (χ1) is 6.27. The second-order valence-corrected chi connectivity index (χ2v) is 3.43. The number of aromatic carboxylic acids is 1. The first-order valence-corrected chi connectivity index (χ1v) is 4.50. The highest BCUT2D eigenvalue weighted by molar-refractivity contribution is 7.13. The van der Waals surface area contributed by atoms with E-state index >= 15 is 0 Å². The molecule has 0 radical (unpaired) electrons. The highest BCUT2D eigenvalue weighted by atomic mass is 32.1. The van der Waals surface area contributed by atoms with E-state index < -0.39 is 5.97 Å². The van der Waals surface area contributed by atoms with Crippen LogP contribution in [0.5, 0.6) is 0 Å². The van der Waals surface area contributed by atoms with Crippen LogP contribution in [0.15, 0.2) is 34.5 Å². The average Bonchev–Trinajstić information content (AvgIpc) is 2.75. The quantitative estimate of drug-likeness (QED) is 0.799. The third kappa shape index (κ3) is 1.48. The molecule has 2 aromatic heterocycles. The molecule has 3 nitrogen and oxygen atoms in total.